The summed E-state index contributed by atoms with van der Waals surface area (Å²) in [7, 11) is 3.79. The highest BCUT2D eigenvalue weighted by molar-refractivity contribution is 8.14. The van der Waals surface area contributed by atoms with E-state index >= 15 is 0 Å². The molecule has 0 spiro atoms. The minimum absolute atomic E-state index is 0.149. The molecule has 0 fully saturated rings. The minimum atomic E-state index is -0.304. The van der Waals surface area contributed by atoms with Crippen LogP contribution in [-0.2, 0) is 14.3 Å². The molecular formula is C21H33N5O4S. The Hall–Kier alpha value is -2.14. The Bertz CT molecular complexity index is 787. The largest absolute Gasteiger partial charge is 0.379 e. The van der Waals surface area contributed by atoms with E-state index in [0.29, 0.717) is 48.0 Å². The zero-order valence-corrected chi connectivity index (χ0v) is 19.5. The molecule has 0 aromatic heterocycles. The molecule has 9 nitrogen and oxygen atoms in total. The number of thioether (sulfide) groups is 1. The number of carbonyl (C=O) groups is 2. The van der Waals surface area contributed by atoms with E-state index in [1.807, 2.05) is 32.0 Å². The lowest BCUT2D eigenvalue weighted by molar-refractivity contribution is -0.117. The zero-order chi connectivity index (χ0) is 22.8. The first-order chi connectivity index (χ1) is 14.8. The number of ether oxygens (including phenoxy) is 2. The fourth-order valence-electron chi connectivity index (χ4n) is 2.72. The van der Waals surface area contributed by atoms with E-state index in [1.165, 1.54) is 11.8 Å². The quantitative estimate of drug-likeness (QED) is 0.438. The van der Waals surface area contributed by atoms with Crippen LogP contribution >= 0.6 is 11.8 Å². The molecule has 1 aliphatic heterocycles. The first-order valence-electron chi connectivity index (χ1n) is 10.3. The number of amidine groups is 1. The van der Waals surface area contributed by atoms with Gasteiger partial charge in [0.15, 0.2) is 5.17 Å². The highest BCUT2D eigenvalue weighted by Crippen LogP contribution is 2.27. The van der Waals surface area contributed by atoms with E-state index in [2.05, 4.69) is 22.5 Å². The van der Waals surface area contributed by atoms with Crippen molar-refractivity contribution in [2.75, 3.05) is 57.3 Å². The van der Waals surface area contributed by atoms with Crippen molar-refractivity contribution in [1.29, 1.82) is 0 Å². The number of nitrogens with two attached hydrogens (primary N) is 1. The molecule has 0 saturated carbocycles. The lowest BCUT2D eigenvalue weighted by atomic mass is 10.1. The molecule has 10 heteroatoms. The highest BCUT2D eigenvalue weighted by Gasteiger charge is 2.25. The Balaban J connectivity index is 1.98. The van der Waals surface area contributed by atoms with Gasteiger partial charge in [0.25, 0.3) is 5.91 Å². The molecule has 1 aliphatic rings. The summed E-state index contributed by atoms with van der Waals surface area (Å²) in [5, 5.41) is 6.61. The summed E-state index contributed by atoms with van der Waals surface area (Å²) < 4.78 is 10.6. The standard InChI is InChI=1S/C21H33N5O4S/c1-14-15(2)31-21(23-14)25-20(28)17-6-5-16(26(3)4)13-18(17)24-19(27)7-9-29-11-12-30-10-8-22/h5-6,13-15H,7-12,22H2,1-4H3,(H,24,27)(H,23,25,28). The summed E-state index contributed by atoms with van der Waals surface area (Å²) in [6.07, 6.45) is 0.168. The Labute approximate surface area is 188 Å². The second-order valence-electron chi connectivity index (χ2n) is 7.39. The number of nitrogens with one attached hydrogen (secondary N) is 2. The lowest BCUT2D eigenvalue weighted by Gasteiger charge is -2.17. The molecule has 0 saturated heterocycles. The number of carbonyl (C=O) groups excluding carboxylic acids is 2. The molecule has 31 heavy (non-hydrogen) atoms. The van der Waals surface area contributed by atoms with Crippen LogP contribution in [0.3, 0.4) is 0 Å². The Morgan fingerprint density at radius 1 is 1.13 bits per heavy atom. The molecule has 4 N–H and O–H groups in total. The summed E-state index contributed by atoms with van der Waals surface area (Å²) in [6.45, 7) is 6.13. The van der Waals surface area contributed by atoms with Crippen LogP contribution in [0.2, 0.25) is 0 Å². The van der Waals surface area contributed by atoms with Gasteiger partial charge in [-0.3, -0.25) is 14.6 Å². The van der Waals surface area contributed by atoms with Gasteiger partial charge in [0.1, 0.15) is 0 Å². The molecule has 0 aliphatic carbocycles. The topological polar surface area (TPSA) is 118 Å². The van der Waals surface area contributed by atoms with Crippen molar-refractivity contribution in [3.63, 3.8) is 0 Å². The fourth-order valence-corrected chi connectivity index (χ4v) is 3.70. The average Bonchev–Trinajstić information content (AvgIpc) is 3.03. The average molecular weight is 452 g/mol. The van der Waals surface area contributed by atoms with Gasteiger partial charge in [0.2, 0.25) is 5.91 Å². The molecule has 2 rings (SSSR count). The second-order valence-corrected chi connectivity index (χ2v) is 8.75. The van der Waals surface area contributed by atoms with Crippen LogP contribution in [0.5, 0.6) is 0 Å². The molecule has 0 radical (unpaired) electrons. The van der Waals surface area contributed by atoms with Crippen LogP contribution in [0.25, 0.3) is 0 Å². The van der Waals surface area contributed by atoms with Crippen molar-refractivity contribution in [2.24, 2.45) is 10.7 Å². The summed E-state index contributed by atoms with van der Waals surface area (Å²) in [6, 6.07) is 5.47. The van der Waals surface area contributed by atoms with Gasteiger partial charge < -0.3 is 30.7 Å². The highest BCUT2D eigenvalue weighted by atomic mass is 32.2. The van der Waals surface area contributed by atoms with E-state index in [4.69, 9.17) is 15.2 Å². The van der Waals surface area contributed by atoms with Crippen molar-refractivity contribution in [1.82, 2.24) is 5.32 Å². The van der Waals surface area contributed by atoms with Gasteiger partial charge in [-0.05, 0) is 25.1 Å². The van der Waals surface area contributed by atoms with Gasteiger partial charge >= 0.3 is 0 Å². The third kappa shape index (κ3) is 8.13. The number of rotatable bonds is 11. The predicted octanol–water partition coefficient (Wildman–Crippen LogP) is 1.68. The Morgan fingerprint density at radius 2 is 1.84 bits per heavy atom. The number of hydrogen-bond donors (Lipinski definition) is 3. The molecule has 2 unspecified atom stereocenters. The molecule has 1 heterocycles. The summed E-state index contributed by atoms with van der Waals surface area (Å²) in [5.74, 6) is -0.538. The lowest BCUT2D eigenvalue weighted by Crippen LogP contribution is -2.29. The maximum absolute atomic E-state index is 12.9. The normalized spacial score (nSPS) is 17.9. The Kier molecular flexibility index (Phi) is 10.3. The van der Waals surface area contributed by atoms with Crippen molar-refractivity contribution in [3.05, 3.63) is 23.8 Å². The van der Waals surface area contributed by atoms with Gasteiger partial charge in [-0.25, -0.2) is 0 Å². The van der Waals surface area contributed by atoms with Crippen molar-refractivity contribution in [3.8, 4) is 0 Å². The number of amides is 2. The molecule has 1 aromatic rings. The van der Waals surface area contributed by atoms with Crippen LogP contribution in [0, 0.1) is 0 Å². The van der Waals surface area contributed by atoms with Crippen molar-refractivity contribution >= 4 is 40.1 Å². The van der Waals surface area contributed by atoms with Gasteiger partial charge in [-0.15, -0.1) is 0 Å². The molecular weight excluding hydrogens is 418 g/mol. The summed E-state index contributed by atoms with van der Waals surface area (Å²) in [5.41, 5.74) is 7.04. The fraction of sp³-hybridized carbons (Fsp3) is 0.571. The molecule has 2 atom stereocenters. The summed E-state index contributed by atoms with van der Waals surface area (Å²) >= 11 is 1.53. The first kappa shape index (κ1) is 25.1. The van der Waals surface area contributed by atoms with Crippen LogP contribution in [0.1, 0.15) is 30.6 Å². The molecule has 172 valence electrons. The number of aliphatic imine (C=N–C) groups is 1. The van der Waals surface area contributed by atoms with Crippen molar-refractivity contribution in [2.45, 2.75) is 31.6 Å². The van der Waals surface area contributed by atoms with Crippen LogP contribution in [0.15, 0.2) is 23.2 Å². The van der Waals surface area contributed by atoms with E-state index < -0.39 is 0 Å². The van der Waals surface area contributed by atoms with Crippen LogP contribution in [-0.4, -0.2) is 75.3 Å². The maximum Gasteiger partial charge on any atom is 0.259 e. The molecule has 1 aromatic carbocycles. The zero-order valence-electron chi connectivity index (χ0n) is 18.6. The first-order valence-corrected chi connectivity index (χ1v) is 11.2. The van der Waals surface area contributed by atoms with Crippen LogP contribution < -0.4 is 21.3 Å². The third-order valence-electron chi connectivity index (χ3n) is 4.66. The van der Waals surface area contributed by atoms with Gasteiger partial charge in [0.05, 0.1) is 50.1 Å². The van der Waals surface area contributed by atoms with Gasteiger partial charge in [-0.2, -0.15) is 0 Å². The second kappa shape index (κ2) is 12.7. The van der Waals surface area contributed by atoms with Gasteiger partial charge in [-0.1, -0.05) is 18.7 Å². The predicted molar refractivity (Wildman–Crippen MR) is 126 cm³/mol. The van der Waals surface area contributed by atoms with E-state index in [1.54, 1.807) is 12.1 Å². The summed E-state index contributed by atoms with van der Waals surface area (Å²) in [4.78, 5) is 31.7. The van der Waals surface area contributed by atoms with E-state index in [-0.39, 0.29) is 30.9 Å². The Morgan fingerprint density at radius 3 is 2.45 bits per heavy atom. The maximum atomic E-state index is 12.9. The van der Waals surface area contributed by atoms with Crippen molar-refractivity contribution < 1.29 is 19.1 Å². The van der Waals surface area contributed by atoms with E-state index in [9.17, 15) is 9.59 Å². The molecule has 2 amide bonds. The van der Waals surface area contributed by atoms with E-state index in [0.717, 1.165) is 5.69 Å². The number of anilines is 2. The smallest absolute Gasteiger partial charge is 0.259 e. The minimum Gasteiger partial charge on any atom is -0.379 e. The SMILES string of the molecule is CC1N=C(NC(=O)c2ccc(N(C)C)cc2NC(=O)CCOCCOCCN)SC1C. The molecule has 0 bridgehead atoms. The van der Waals surface area contributed by atoms with Crippen LogP contribution in [0.4, 0.5) is 11.4 Å². The van der Waals surface area contributed by atoms with Gasteiger partial charge in [0, 0.05) is 31.6 Å². The third-order valence-corrected chi connectivity index (χ3v) is 5.86. The number of benzene rings is 1. The monoisotopic (exact) mass is 451 g/mol. The number of nitrogens with zero attached hydrogens (tertiary/aromatic N) is 2. The number of hydrogen-bond acceptors (Lipinski definition) is 8.